The van der Waals surface area contributed by atoms with Gasteiger partial charge in [-0.3, -0.25) is 9.78 Å². The maximum Gasteiger partial charge on any atom is 0.344 e. The van der Waals surface area contributed by atoms with Gasteiger partial charge in [-0.05, 0) is 49.7 Å². The Morgan fingerprint density at radius 2 is 2.07 bits per heavy atom. The zero-order valence-corrected chi connectivity index (χ0v) is 15.3. The fourth-order valence-corrected chi connectivity index (χ4v) is 2.04. The highest BCUT2D eigenvalue weighted by Crippen LogP contribution is 2.27. The molecule has 1 amide bonds. The molecule has 0 saturated carbocycles. The summed E-state index contributed by atoms with van der Waals surface area (Å²) < 4.78 is 15.7. The Balaban J connectivity index is 1.96. The number of carbonyl (C=O) groups is 2. The molecule has 8 heteroatoms. The summed E-state index contributed by atoms with van der Waals surface area (Å²) in [5.41, 5.74) is 3.50. The van der Waals surface area contributed by atoms with Crippen LogP contribution in [-0.4, -0.2) is 42.9 Å². The van der Waals surface area contributed by atoms with Crippen molar-refractivity contribution in [2.45, 2.75) is 20.0 Å². The fourth-order valence-electron chi connectivity index (χ4n) is 2.04. The molecule has 142 valence electrons. The lowest BCUT2D eigenvalue weighted by molar-refractivity contribution is -0.149. The Hall–Kier alpha value is -3.42. The van der Waals surface area contributed by atoms with Crippen LogP contribution in [0, 0.1) is 0 Å². The molecule has 2 rings (SSSR count). The van der Waals surface area contributed by atoms with E-state index < -0.39 is 5.97 Å². The summed E-state index contributed by atoms with van der Waals surface area (Å²) >= 11 is 0. The monoisotopic (exact) mass is 371 g/mol. The summed E-state index contributed by atoms with van der Waals surface area (Å²) in [6.07, 6.45) is 4.29. The van der Waals surface area contributed by atoms with E-state index in [4.69, 9.17) is 14.2 Å². The minimum Gasteiger partial charge on any atom is -0.493 e. The Morgan fingerprint density at radius 1 is 1.26 bits per heavy atom. The van der Waals surface area contributed by atoms with Gasteiger partial charge in [-0.2, -0.15) is 5.10 Å². The van der Waals surface area contributed by atoms with E-state index in [-0.39, 0.29) is 18.6 Å². The van der Waals surface area contributed by atoms with Gasteiger partial charge in [0.25, 0.3) is 5.91 Å². The number of nitrogens with one attached hydrogen (secondary N) is 1. The van der Waals surface area contributed by atoms with Gasteiger partial charge >= 0.3 is 5.97 Å². The number of hydrazone groups is 1. The number of hydrogen-bond donors (Lipinski definition) is 1. The van der Waals surface area contributed by atoms with Crippen LogP contribution >= 0.6 is 0 Å². The van der Waals surface area contributed by atoms with E-state index in [0.717, 1.165) is 0 Å². The maximum absolute atomic E-state index is 11.9. The van der Waals surface area contributed by atoms with Crippen molar-refractivity contribution in [3.63, 3.8) is 0 Å². The molecule has 0 aliphatic heterocycles. The summed E-state index contributed by atoms with van der Waals surface area (Å²) in [4.78, 5) is 27.3. The summed E-state index contributed by atoms with van der Waals surface area (Å²) in [6.45, 7) is 3.31. The van der Waals surface area contributed by atoms with E-state index in [2.05, 4.69) is 15.5 Å². The molecule has 0 aliphatic carbocycles. The molecule has 0 aliphatic rings. The van der Waals surface area contributed by atoms with E-state index in [1.54, 1.807) is 50.4 Å². The first-order chi connectivity index (χ1) is 13.0. The lowest BCUT2D eigenvalue weighted by Crippen LogP contribution is -2.19. The molecule has 1 heterocycles. The summed E-state index contributed by atoms with van der Waals surface area (Å²) in [7, 11) is 1.49. The zero-order valence-electron chi connectivity index (χ0n) is 15.3. The number of aromatic nitrogens is 1. The third-order valence-electron chi connectivity index (χ3n) is 3.20. The standard InChI is InChI=1S/C19H21N3O5/c1-13(2)27-18(23)12-26-16-7-6-14(9-17(16)25-3)10-21-22-19(24)15-5-4-8-20-11-15/h4-11,13H,12H2,1-3H3,(H,22,24)/b21-10+. The minimum absolute atomic E-state index is 0.205. The van der Waals surface area contributed by atoms with E-state index in [9.17, 15) is 9.59 Å². The van der Waals surface area contributed by atoms with E-state index in [1.165, 1.54) is 19.5 Å². The summed E-state index contributed by atoms with van der Waals surface area (Å²) in [5.74, 6) is -0.00428. The van der Waals surface area contributed by atoms with Crippen LogP contribution < -0.4 is 14.9 Å². The van der Waals surface area contributed by atoms with E-state index >= 15 is 0 Å². The van der Waals surface area contributed by atoms with Gasteiger partial charge in [0.2, 0.25) is 0 Å². The van der Waals surface area contributed by atoms with Gasteiger partial charge < -0.3 is 14.2 Å². The Bertz CT molecular complexity index is 806. The van der Waals surface area contributed by atoms with Crippen LogP contribution in [0.1, 0.15) is 29.8 Å². The van der Waals surface area contributed by atoms with Crippen LogP contribution in [0.2, 0.25) is 0 Å². The first-order valence-corrected chi connectivity index (χ1v) is 8.23. The van der Waals surface area contributed by atoms with Gasteiger partial charge in [0.1, 0.15) is 0 Å². The smallest absolute Gasteiger partial charge is 0.344 e. The molecule has 2 aromatic rings. The predicted molar refractivity (Wildman–Crippen MR) is 99.0 cm³/mol. The topological polar surface area (TPSA) is 99.1 Å². The molecule has 0 atom stereocenters. The number of carbonyl (C=O) groups excluding carboxylic acids is 2. The van der Waals surface area contributed by atoms with Crippen molar-refractivity contribution in [3.05, 3.63) is 53.9 Å². The van der Waals surface area contributed by atoms with Gasteiger partial charge in [-0.25, -0.2) is 10.2 Å². The third kappa shape index (κ3) is 6.43. The molecular weight excluding hydrogens is 350 g/mol. The molecule has 27 heavy (non-hydrogen) atoms. The number of pyridine rings is 1. The number of nitrogens with zero attached hydrogens (tertiary/aromatic N) is 2. The van der Waals surface area contributed by atoms with Gasteiger partial charge in [-0.15, -0.1) is 0 Å². The molecule has 1 N–H and O–H groups in total. The number of hydrogen-bond acceptors (Lipinski definition) is 7. The normalized spacial score (nSPS) is 10.7. The molecule has 1 aromatic heterocycles. The molecule has 0 saturated heterocycles. The second kappa shape index (κ2) is 9.91. The SMILES string of the molecule is COc1cc(/C=N/NC(=O)c2cccnc2)ccc1OCC(=O)OC(C)C. The first kappa shape index (κ1) is 19.9. The van der Waals surface area contributed by atoms with Gasteiger partial charge in [-0.1, -0.05) is 0 Å². The van der Waals surface area contributed by atoms with Crippen LogP contribution in [0.3, 0.4) is 0 Å². The summed E-state index contributed by atoms with van der Waals surface area (Å²) in [6, 6.07) is 8.33. The quantitative estimate of drug-likeness (QED) is 0.434. The fraction of sp³-hybridized carbons (Fsp3) is 0.263. The lowest BCUT2D eigenvalue weighted by atomic mass is 10.2. The lowest BCUT2D eigenvalue weighted by Gasteiger charge is -2.12. The minimum atomic E-state index is -0.462. The number of esters is 1. The number of rotatable bonds is 8. The highest BCUT2D eigenvalue weighted by atomic mass is 16.6. The second-order valence-electron chi connectivity index (χ2n) is 5.68. The van der Waals surface area contributed by atoms with Gasteiger partial charge in [0.05, 0.1) is 25.0 Å². The third-order valence-corrected chi connectivity index (χ3v) is 3.20. The molecule has 1 aromatic carbocycles. The highest BCUT2D eigenvalue weighted by molar-refractivity contribution is 5.94. The van der Waals surface area contributed by atoms with Crippen LogP contribution in [-0.2, 0) is 9.53 Å². The number of benzene rings is 1. The van der Waals surface area contributed by atoms with Crippen molar-refractivity contribution >= 4 is 18.1 Å². The van der Waals surface area contributed by atoms with Crippen LogP contribution in [0.5, 0.6) is 11.5 Å². The molecule has 0 fully saturated rings. The second-order valence-corrected chi connectivity index (χ2v) is 5.68. The molecular formula is C19H21N3O5. The zero-order chi connectivity index (χ0) is 19.6. The largest absolute Gasteiger partial charge is 0.493 e. The predicted octanol–water partition coefficient (Wildman–Crippen LogP) is 2.18. The Labute approximate surface area is 157 Å². The maximum atomic E-state index is 11.9. The van der Waals surface area contributed by atoms with Crippen molar-refractivity contribution in [1.29, 1.82) is 0 Å². The average Bonchev–Trinajstić information content (AvgIpc) is 2.66. The van der Waals surface area contributed by atoms with Crippen LogP contribution in [0.15, 0.2) is 47.8 Å². The van der Waals surface area contributed by atoms with Crippen LogP contribution in [0.25, 0.3) is 0 Å². The van der Waals surface area contributed by atoms with E-state index in [1.807, 2.05) is 0 Å². The van der Waals surface area contributed by atoms with Gasteiger partial charge in [0.15, 0.2) is 18.1 Å². The molecule has 0 bridgehead atoms. The summed E-state index contributed by atoms with van der Waals surface area (Å²) in [5, 5.41) is 3.91. The number of ether oxygens (including phenoxy) is 3. The van der Waals surface area contributed by atoms with E-state index in [0.29, 0.717) is 22.6 Å². The van der Waals surface area contributed by atoms with Crippen molar-refractivity contribution in [1.82, 2.24) is 10.4 Å². The number of amides is 1. The van der Waals surface area contributed by atoms with Crippen molar-refractivity contribution in [2.75, 3.05) is 13.7 Å². The molecule has 0 spiro atoms. The average molecular weight is 371 g/mol. The molecule has 8 nitrogen and oxygen atoms in total. The van der Waals surface area contributed by atoms with Crippen molar-refractivity contribution < 1.29 is 23.8 Å². The Morgan fingerprint density at radius 3 is 2.74 bits per heavy atom. The Kier molecular flexibility index (Phi) is 7.30. The molecule has 0 radical (unpaired) electrons. The van der Waals surface area contributed by atoms with Gasteiger partial charge in [0, 0.05) is 12.4 Å². The van der Waals surface area contributed by atoms with Crippen molar-refractivity contribution in [2.24, 2.45) is 5.10 Å². The highest BCUT2D eigenvalue weighted by Gasteiger charge is 2.10. The van der Waals surface area contributed by atoms with Crippen LogP contribution in [0.4, 0.5) is 0 Å². The van der Waals surface area contributed by atoms with Crippen molar-refractivity contribution in [3.8, 4) is 11.5 Å². The number of methoxy groups -OCH3 is 1. The first-order valence-electron chi connectivity index (χ1n) is 8.23. The molecule has 0 unspecified atom stereocenters.